The lowest BCUT2D eigenvalue weighted by atomic mass is 10.0. The zero-order valence-corrected chi connectivity index (χ0v) is 15.4. The fraction of sp³-hybridized carbons (Fsp3) is 0.150. The summed E-state index contributed by atoms with van der Waals surface area (Å²) in [5.74, 6) is -0.828. The second-order valence-corrected chi connectivity index (χ2v) is 6.66. The quantitative estimate of drug-likeness (QED) is 0.649. The van der Waals surface area contributed by atoms with Crippen LogP contribution in [0.25, 0.3) is 10.6 Å². The summed E-state index contributed by atoms with van der Waals surface area (Å²) >= 11 is 1.37. The maximum Gasteiger partial charge on any atom is 0.305 e. The van der Waals surface area contributed by atoms with Gasteiger partial charge in [0, 0.05) is 10.9 Å². The molecule has 0 aliphatic rings. The Morgan fingerprint density at radius 1 is 1.19 bits per heavy atom. The molecule has 3 rings (SSSR count). The van der Waals surface area contributed by atoms with Crippen molar-refractivity contribution < 1.29 is 19.4 Å². The third-order valence-electron chi connectivity index (χ3n) is 3.94. The van der Waals surface area contributed by atoms with Crippen molar-refractivity contribution in [3.8, 4) is 16.3 Å². The molecular weight excluding hydrogens is 364 g/mol. The van der Waals surface area contributed by atoms with Crippen LogP contribution in [-0.2, 0) is 4.79 Å². The van der Waals surface area contributed by atoms with E-state index in [1.54, 1.807) is 29.6 Å². The van der Waals surface area contributed by atoms with E-state index >= 15 is 0 Å². The van der Waals surface area contributed by atoms with Crippen molar-refractivity contribution in [2.75, 3.05) is 7.11 Å². The number of aromatic nitrogens is 1. The summed E-state index contributed by atoms with van der Waals surface area (Å²) in [6.45, 7) is 0. The van der Waals surface area contributed by atoms with E-state index in [2.05, 4.69) is 10.3 Å². The Kier molecular flexibility index (Phi) is 5.83. The minimum Gasteiger partial charge on any atom is -0.497 e. The molecule has 0 fully saturated rings. The van der Waals surface area contributed by atoms with Crippen LogP contribution in [0.2, 0.25) is 0 Å². The van der Waals surface area contributed by atoms with E-state index in [1.807, 2.05) is 30.3 Å². The second kappa shape index (κ2) is 8.46. The number of nitrogens with zero attached hydrogens (tertiary/aromatic N) is 1. The van der Waals surface area contributed by atoms with Crippen LogP contribution in [0.5, 0.6) is 5.75 Å². The van der Waals surface area contributed by atoms with E-state index in [0.29, 0.717) is 11.3 Å². The number of nitrogens with one attached hydrogen (secondary N) is 1. The summed E-state index contributed by atoms with van der Waals surface area (Å²) in [6, 6.07) is 15.9. The largest absolute Gasteiger partial charge is 0.497 e. The topological polar surface area (TPSA) is 88.5 Å². The number of carbonyl (C=O) groups is 2. The number of methoxy groups -OCH3 is 1. The van der Waals surface area contributed by atoms with Gasteiger partial charge in [-0.25, -0.2) is 4.98 Å². The molecule has 2 N–H and O–H groups in total. The molecule has 1 atom stereocenters. The van der Waals surface area contributed by atoms with Gasteiger partial charge in [-0.15, -0.1) is 11.3 Å². The van der Waals surface area contributed by atoms with Gasteiger partial charge in [0.05, 0.1) is 19.6 Å². The monoisotopic (exact) mass is 382 g/mol. The molecule has 6 nitrogen and oxygen atoms in total. The fourth-order valence-electron chi connectivity index (χ4n) is 2.61. The number of aliphatic carboxylic acids is 1. The molecule has 0 unspecified atom stereocenters. The van der Waals surface area contributed by atoms with Crippen LogP contribution in [0.3, 0.4) is 0 Å². The molecule has 0 aliphatic heterocycles. The molecule has 2 aromatic carbocycles. The molecule has 1 heterocycles. The van der Waals surface area contributed by atoms with E-state index in [9.17, 15) is 14.7 Å². The van der Waals surface area contributed by atoms with Gasteiger partial charge in [0.1, 0.15) is 16.5 Å². The molecule has 7 heteroatoms. The summed E-state index contributed by atoms with van der Waals surface area (Å²) in [5, 5.41) is 14.4. The lowest BCUT2D eigenvalue weighted by molar-refractivity contribution is -0.137. The Morgan fingerprint density at radius 2 is 1.96 bits per heavy atom. The Balaban J connectivity index is 1.80. The lowest BCUT2D eigenvalue weighted by Gasteiger charge is -2.17. The number of rotatable bonds is 7. The number of carboxylic acids is 1. The highest BCUT2D eigenvalue weighted by Crippen LogP contribution is 2.25. The van der Waals surface area contributed by atoms with Crippen LogP contribution in [0, 0.1) is 0 Å². The van der Waals surface area contributed by atoms with E-state index in [1.165, 1.54) is 18.4 Å². The molecular formula is C20H18N2O4S. The molecule has 138 valence electrons. The fourth-order valence-corrected chi connectivity index (χ4v) is 3.41. The summed E-state index contributed by atoms with van der Waals surface area (Å²) in [5.41, 5.74) is 1.84. The van der Waals surface area contributed by atoms with Gasteiger partial charge in [0.15, 0.2) is 0 Å². The zero-order valence-electron chi connectivity index (χ0n) is 14.6. The van der Waals surface area contributed by atoms with Gasteiger partial charge >= 0.3 is 5.97 Å². The molecule has 0 spiro atoms. The Hall–Kier alpha value is -3.19. The summed E-state index contributed by atoms with van der Waals surface area (Å²) in [6.07, 6.45) is -0.241. The first-order valence-electron chi connectivity index (χ1n) is 8.24. The Bertz CT molecular complexity index is 940. The highest BCUT2D eigenvalue weighted by molar-refractivity contribution is 7.13. The van der Waals surface area contributed by atoms with Crippen LogP contribution in [0.4, 0.5) is 0 Å². The highest BCUT2D eigenvalue weighted by Gasteiger charge is 2.21. The third-order valence-corrected chi connectivity index (χ3v) is 4.83. The van der Waals surface area contributed by atoms with Gasteiger partial charge in [-0.3, -0.25) is 9.59 Å². The third kappa shape index (κ3) is 4.71. The van der Waals surface area contributed by atoms with E-state index in [4.69, 9.17) is 4.74 Å². The number of carboxylic acid groups (broad SMARTS) is 1. The summed E-state index contributed by atoms with van der Waals surface area (Å²) in [4.78, 5) is 28.2. The molecule has 0 radical (unpaired) electrons. The normalized spacial score (nSPS) is 11.6. The van der Waals surface area contributed by atoms with Gasteiger partial charge in [-0.2, -0.15) is 0 Å². The number of hydrogen-bond donors (Lipinski definition) is 2. The molecule has 0 saturated heterocycles. The second-order valence-electron chi connectivity index (χ2n) is 5.80. The molecule has 1 aromatic heterocycles. The number of benzene rings is 2. The van der Waals surface area contributed by atoms with Crippen LogP contribution in [0.15, 0.2) is 60.0 Å². The maximum absolute atomic E-state index is 12.6. The summed E-state index contributed by atoms with van der Waals surface area (Å²) < 4.78 is 5.18. The van der Waals surface area contributed by atoms with Crippen molar-refractivity contribution in [1.29, 1.82) is 0 Å². The van der Waals surface area contributed by atoms with Crippen molar-refractivity contribution in [2.45, 2.75) is 12.5 Å². The van der Waals surface area contributed by atoms with E-state index < -0.39 is 17.9 Å². The Morgan fingerprint density at radius 3 is 2.67 bits per heavy atom. The van der Waals surface area contributed by atoms with Crippen LogP contribution >= 0.6 is 11.3 Å². The SMILES string of the molecule is COc1cccc([C@H](CC(=O)O)NC(=O)c2csc(-c3ccccc3)n2)c1. The minimum absolute atomic E-state index is 0.241. The zero-order chi connectivity index (χ0) is 19.2. The number of hydrogen-bond acceptors (Lipinski definition) is 5. The van der Waals surface area contributed by atoms with Crippen LogP contribution < -0.4 is 10.1 Å². The van der Waals surface area contributed by atoms with Crippen LogP contribution in [-0.4, -0.2) is 29.1 Å². The van der Waals surface area contributed by atoms with E-state index in [-0.39, 0.29) is 12.1 Å². The smallest absolute Gasteiger partial charge is 0.305 e. The summed E-state index contributed by atoms with van der Waals surface area (Å²) in [7, 11) is 1.53. The molecule has 0 aliphatic carbocycles. The average Bonchev–Trinajstić information content (AvgIpc) is 3.18. The molecule has 1 amide bonds. The van der Waals surface area contributed by atoms with Crippen molar-refractivity contribution >= 4 is 23.2 Å². The van der Waals surface area contributed by atoms with Gasteiger partial charge in [-0.1, -0.05) is 42.5 Å². The molecule has 3 aromatic rings. The van der Waals surface area contributed by atoms with Crippen molar-refractivity contribution in [1.82, 2.24) is 10.3 Å². The predicted molar refractivity (Wildman–Crippen MR) is 103 cm³/mol. The molecule has 27 heavy (non-hydrogen) atoms. The van der Waals surface area contributed by atoms with Crippen molar-refractivity contribution in [2.24, 2.45) is 0 Å². The predicted octanol–water partition coefficient (Wildman–Crippen LogP) is 3.76. The van der Waals surface area contributed by atoms with Gasteiger partial charge in [-0.05, 0) is 17.7 Å². The standard InChI is InChI=1S/C20H18N2O4S/c1-26-15-9-5-8-14(10-15)16(11-18(23)24)21-19(25)17-12-27-20(22-17)13-6-3-2-4-7-13/h2-10,12,16H,11H2,1H3,(H,21,25)(H,23,24)/t16-/m0/s1. The van der Waals surface area contributed by atoms with Gasteiger partial charge in [0.2, 0.25) is 0 Å². The number of amides is 1. The first-order valence-corrected chi connectivity index (χ1v) is 9.12. The molecule has 0 bridgehead atoms. The Labute approximate surface area is 160 Å². The van der Waals surface area contributed by atoms with Crippen LogP contribution in [0.1, 0.15) is 28.5 Å². The van der Waals surface area contributed by atoms with Gasteiger partial charge < -0.3 is 15.2 Å². The maximum atomic E-state index is 12.6. The van der Waals surface area contributed by atoms with Crippen molar-refractivity contribution in [3.05, 3.63) is 71.2 Å². The highest BCUT2D eigenvalue weighted by atomic mass is 32.1. The first-order chi connectivity index (χ1) is 13.1. The lowest BCUT2D eigenvalue weighted by Crippen LogP contribution is -2.30. The average molecular weight is 382 g/mol. The number of ether oxygens (including phenoxy) is 1. The van der Waals surface area contributed by atoms with Gasteiger partial charge in [0.25, 0.3) is 5.91 Å². The minimum atomic E-state index is -1.01. The molecule has 0 saturated carbocycles. The van der Waals surface area contributed by atoms with E-state index in [0.717, 1.165) is 10.6 Å². The number of carbonyl (C=O) groups excluding carboxylic acids is 1. The first kappa shape index (κ1) is 18.6. The number of thiazole rings is 1. The van der Waals surface area contributed by atoms with Crippen molar-refractivity contribution in [3.63, 3.8) is 0 Å².